The van der Waals surface area contributed by atoms with Gasteiger partial charge in [-0.3, -0.25) is 9.59 Å². The Hall–Kier alpha value is -1.64. The normalized spacial score (nSPS) is 9.50. The van der Waals surface area contributed by atoms with Gasteiger partial charge in [0.15, 0.2) is 0 Å². The van der Waals surface area contributed by atoms with Crippen molar-refractivity contribution in [3.8, 4) is 0 Å². The Bertz CT molecular complexity index is 317. The minimum Gasteiger partial charge on any atom is -0.326 e. The van der Waals surface area contributed by atoms with Gasteiger partial charge in [0, 0.05) is 17.7 Å². The molecular formula is C11H13NO2. The minimum atomic E-state index is 0.00588. The highest BCUT2D eigenvalue weighted by Gasteiger charge is 1.99. The van der Waals surface area contributed by atoms with E-state index in [1.165, 1.54) is 0 Å². The maximum Gasteiger partial charge on any atom is 0.224 e. The molecule has 1 rings (SSSR count). The Labute approximate surface area is 83.1 Å². The summed E-state index contributed by atoms with van der Waals surface area (Å²) in [5.74, 6) is 0.00588. The van der Waals surface area contributed by atoms with Crippen LogP contribution in [0.25, 0.3) is 0 Å². The van der Waals surface area contributed by atoms with Crippen molar-refractivity contribution in [1.29, 1.82) is 0 Å². The number of carbonyl (C=O) groups excluding carboxylic acids is 2. The molecule has 74 valence electrons. The lowest BCUT2D eigenvalue weighted by atomic mass is 10.2. The smallest absolute Gasteiger partial charge is 0.224 e. The summed E-state index contributed by atoms with van der Waals surface area (Å²) in [6, 6.07) is 6.79. The molecule has 0 aliphatic carbocycles. The largest absolute Gasteiger partial charge is 0.326 e. The van der Waals surface area contributed by atoms with Gasteiger partial charge in [0.25, 0.3) is 0 Å². The summed E-state index contributed by atoms with van der Waals surface area (Å²) < 4.78 is 0. The van der Waals surface area contributed by atoms with Crippen LogP contribution in [0.5, 0.6) is 0 Å². The molecule has 0 aliphatic rings. The first kappa shape index (κ1) is 10.4. The van der Waals surface area contributed by atoms with Crippen LogP contribution < -0.4 is 5.32 Å². The average molecular weight is 191 g/mol. The molecule has 0 saturated carbocycles. The molecule has 0 bridgehead atoms. The number of hydrogen-bond acceptors (Lipinski definition) is 2. The van der Waals surface area contributed by atoms with Crippen LogP contribution in [0.4, 0.5) is 5.69 Å². The minimum absolute atomic E-state index is 0.00588. The van der Waals surface area contributed by atoms with Crippen molar-refractivity contribution >= 4 is 17.9 Å². The summed E-state index contributed by atoms with van der Waals surface area (Å²) in [6.45, 7) is 1.95. The summed E-state index contributed by atoms with van der Waals surface area (Å²) in [6.07, 6.45) is 2.13. The van der Waals surface area contributed by atoms with Gasteiger partial charge in [-0.25, -0.2) is 0 Å². The number of amides is 1. The van der Waals surface area contributed by atoms with Crippen LogP contribution in [-0.4, -0.2) is 12.2 Å². The van der Waals surface area contributed by atoms with Crippen molar-refractivity contribution in [3.63, 3.8) is 0 Å². The van der Waals surface area contributed by atoms with E-state index in [2.05, 4.69) is 5.32 Å². The molecule has 0 atom stereocenters. The van der Waals surface area contributed by atoms with E-state index in [9.17, 15) is 9.59 Å². The first-order valence-electron chi connectivity index (χ1n) is 4.61. The number of rotatable bonds is 4. The zero-order chi connectivity index (χ0) is 10.4. The van der Waals surface area contributed by atoms with Crippen molar-refractivity contribution in [1.82, 2.24) is 0 Å². The highest BCUT2D eigenvalue weighted by molar-refractivity contribution is 5.91. The molecule has 1 aromatic rings. The lowest BCUT2D eigenvalue weighted by molar-refractivity contribution is -0.116. The topological polar surface area (TPSA) is 46.2 Å². The Morgan fingerprint density at radius 1 is 1.36 bits per heavy atom. The molecule has 1 aromatic carbocycles. The van der Waals surface area contributed by atoms with Gasteiger partial charge < -0.3 is 5.32 Å². The van der Waals surface area contributed by atoms with E-state index in [0.717, 1.165) is 18.4 Å². The van der Waals surface area contributed by atoms with Gasteiger partial charge in [-0.05, 0) is 30.7 Å². The molecule has 0 aliphatic heterocycles. The molecule has 1 amide bonds. The van der Waals surface area contributed by atoms with E-state index in [4.69, 9.17) is 0 Å². The van der Waals surface area contributed by atoms with Crippen LogP contribution >= 0.6 is 0 Å². The summed E-state index contributed by atoms with van der Waals surface area (Å²) in [7, 11) is 0. The van der Waals surface area contributed by atoms with E-state index in [1.54, 1.807) is 24.3 Å². The molecular weight excluding hydrogens is 178 g/mol. The van der Waals surface area contributed by atoms with Gasteiger partial charge in [-0.1, -0.05) is 6.92 Å². The van der Waals surface area contributed by atoms with Crippen molar-refractivity contribution in [2.24, 2.45) is 0 Å². The van der Waals surface area contributed by atoms with E-state index < -0.39 is 0 Å². The monoisotopic (exact) mass is 191 g/mol. The highest BCUT2D eigenvalue weighted by atomic mass is 16.1. The second-order valence-electron chi connectivity index (χ2n) is 3.04. The van der Waals surface area contributed by atoms with Gasteiger partial charge in [0.05, 0.1) is 0 Å². The van der Waals surface area contributed by atoms with E-state index >= 15 is 0 Å². The van der Waals surface area contributed by atoms with Crippen LogP contribution in [0.1, 0.15) is 30.1 Å². The number of benzene rings is 1. The van der Waals surface area contributed by atoms with Crippen molar-refractivity contribution < 1.29 is 9.59 Å². The molecule has 0 radical (unpaired) electrons. The predicted molar refractivity (Wildman–Crippen MR) is 55.4 cm³/mol. The summed E-state index contributed by atoms with van der Waals surface area (Å²) >= 11 is 0. The number of nitrogens with one attached hydrogen (secondary N) is 1. The molecule has 0 spiro atoms. The second-order valence-corrected chi connectivity index (χ2v) is 3.04. The Morgan fingerprint density at radius 2 is 2.00 bits per heavy atom. The average Bonchev–Trinajstić information content (AvgIpc) is 2.19. The number of hydrogen-bond donors (Lipinski definition) is 1. The van der Waals surface area contributed by atoms with Gasteiger partial charge in [0.1, 0.15) is 6.29 Å². The first-order chi connectivity index (χ1) is 6.76. The molecule has 1 N–H and O–H groups in total. The maximum atomic E-state index is 11.2. The molecule has 0 saturated heterocycles. The van der Waals surface area contributed by atoms with E-state index in [-0.39, 0.29) is 5.91 Å². The van der Waals surface area contributed by atoms with Crippen LogP contribution in [0, 0.1) is 0 Å². The third-order valence-corrected chi connectivity index (χ3v) is 1.81. The zero-order valence-electron chi connectivity index (χ0n) is 8.12. The zero-order valence-corrected chi connectivity index (χ0v) is 8.12. The Kier molecular flexibility index (Phi) is 3.85. The number of aldehydes is 1. The molecule has 0 aromatic heterocycles. The predicted octanol–water partition coefficient (Wildman–Crippen LogP) is 2.24. The third kappa shape index (κ3) is 3.01. The number of anilines is 1. The fourth-order valence-electron chi connectivity index (χ4n) is 1.10. The lowest BCUT2D eigenvalue weighted by Crippen LogP contribution is -2.10. The summed E-state index contributed by atoms with van der Waals surface area (Å²) in [4.78, 5) is 21.5. The standard InChI is InChI=1S/C11H13NO2/c1-2-3-11(14)12-10-6-4-9(8-13)5-7-10/h4-8H,2-3H2,1H3,(H,12,14). The molecule has 3 nitrogen and oxygen atoms in total. The third-order valence-electron chi connectivity index (χ3n) is 1.81. The van der Waals surface area contributed by atoms with Crippen LogP contribution in [0.3, 0.4) is 0 Å². The quantitative estimate of drug-likeness (QED) is 0.742. The van der Waals surface area contributed by atoms with Crippen molar-refractivity contribution in [2.45, 2.75) is 19.8 Å². The fourth-order valence-corrected chi connectivity index (χ4v) is 1.10. The lowest BCUT2D eigenvalue weighted by Gasteiger charge is -2.03. The molecule has 3 heteroatoms. The van der Waals surface area contributed by atoms with E-state index in [1.807, 2.05) is 6.92 Å². The first-order valence-corrected chi connectivity index (χ1v) is 4.61. The van der Waals surface area contributed by atoms with Gasteiger partial charge >= 0.3 is 0 Å². The SMILES string of the molecule is CCCC(=O)Nc1ccc(C=O)cc1. The Balaban J connectivity index is 2.59. The summed E-state index contributed by atoms with van der Waals surface area (Å²) in [5.41, 5.74) is 1.34. The van der Waals surface area contributed by atoms with Crippen molar-refractivity contribution in [2.75, 3.05) is 5.32 Å². The van der Waals surface area contributed by atoms with Gasteiger partial charge in [-0.15, -0.1) is 0 Å². The van der Waals surface area contributed by atoms with Crippen LogP contribution in [-0.2, 0) is 4.79 Å². The molecule has 0 unspecified atom stereocenters. The Morgan fingerprint density at radius 3 is 2.50 bits per heavy atom. The molecule has 14 heavy (non-hydrogen) atoms. The van der Waals surface area contributed by atoms with Crippen LogP contribution in [0.15, 0.2) is 24.3 Å². The van der Waals surface area contributed by atoms with Crippen LogP contribution in [0.2, 0.25) is 0 Å². The van der Waals surface area contributed by atoms with Gasteiger partial charge in [0.2, 0.25) is 5.91 Å². The summed E-state index contributed by atoms with van der Waals surface area (Å²) in [5, 5.41) is 2.74. The highest BCUT2D eigenvalue weighted by Crippen LogP contribution is 2.08. The van der Waals surface area contributed by atoms with E-state index in [0.29, 0.717) is 12.0 Å². The van der Waals surface area contributed by atoms with Crippen molar-refractivity contribution in [3.05, 3.63) is 29.8 Å². The fraction of sp³-hybridized carbons (Fsp3) is 0.273. The molecule has 0 fully saturated rings. The molecule has 0 heterocycles. The maximum absolute atomic E-state index is 11.2. The van der Waals surface area contributed by atoms with Gasteiger partial charge in [-0.2, -0.15) is 0 Å². The second kappa shape index (κ2) is 5.17. The number of carbonyl (C=O) groups is 2.